The van der Waals surface area contributed by atoms with Crippen LogP contribution in [0, 0.1) is 0 Å². The van der Waals surface area contributed by atoms with Crippen molar-refractivity contribution >= 4 is 5.91 Å². The molecule has 0 saturated carbocycles. The van der Waals surface area contributed by atoms with Crippen LogP contribution in [0.4, 0.5) is 0 Å². The first-order valence-corrected chi connectivity index (χ1v) is 8.66. The Morgan fingerprint density at radius 3 is 2.50 bits per heavy atom. The fourth-order valence-corrected chi connectivity index (χ4v) is 3.05. The molecule has 132 valence electrons. The Bertz CT molecular complexity index is 902. The molecule has 2 heterocycles. The zero-order chi connectivity index (χ0) is 17.9. The zero-order valence-corrected chi connectivity index (χ0v) is 14.6. The van der Waals surface area contributed by atoms with Crippen molar-refractivity contribution in [2.45, 2.75) is 13.5 Å². The Balaban J connectivity index is 1.50. The minimum Gasteiger partial charge on any atom is -0.454 e. The summed E-state index contributed by atoms with van der Waals surface area (Å²) in [6.45, 7) is 3.40. The van der Waals surface area contributed by atoms with E-state index in [-0.39, 0.29) is 12.7 Å². The molecule has 0 fully saturated rings. The number of rotatable bonds is 5. The number of hydrogen-bond donors (Lipinski definition) is 0. The van der Waals surface area contributed by atoms with Crippen molar-refractivity contribution in [1.29, 1.82) is 0 Å². The highest BCUT2D eigenvalue weighted by molar-refractivity contribution is 5.94. The molecule has 0 N–H and O–H groups in total. The van der Waals surface area contributed by atoms with E-state index in [1.807, 2.05) is 83.4 Å². The molecular weight excluding hydrogens is 328 g/mol. The summed E-state index contributed by atoms with van der Waals surface area (Å²) >= 11 is 0. The molecule has 2 aromatic carbocycles. The first-order valence-electron chi connectivity index (χ1n) is 8.66. The largest absolute Gasteiger partial charge is 0.454 e. The summed E-state index contributed by atoms with van der Waals surface area (Å²) < 4.78 is 12.8. The second-order valence-corrected chi connectivity index (χ2v) is 6.14. The van der Waals surface area contributed by atoms with Gasteiger partial charge in [-0.3, -0.25) is 4.79 Å². The van der Waals surface area contributed by atoms with Crippen LogP contribution >= 0.6 is 0 Å². The standard InChI is InChI=1S/C21H20N2O3/c1-2-22(14-16-5-10-19-20(13-16)26-15-25-19)21(24)17-6-8-18(9-7-17)23-11-3-4-12-23/h3-13H,2,14-15H2,1H3. The second-order valence-electron chi connectivity index (χ2n) is 6.14. The number of benzene rings is 2. The average Bonchev–Trinajstić information content (AvgIpc) is 3.37. The van der Waals surface area contributed by atoms with Crippen LogP contribution in [-0.2, 0) is 6.54 Å². The van der Waals surface area contributed by atoms with Crippen LogP contribution in [-0.4, -0.2) is 28.7 Å². The van der Waals surface area contributed by atoms with Gasteiger partial charge in [-0.2, -0.15) is 0 Å². The molecule has 1 aromatic heterocycles. The molecule has 0 radical (unpaired) electrons. The van der Waals surface area contributed by atoms with Crippen LogP contribution in [0.1, 0.15) is 22.8 Å². The number of ether oxygens (including phenoxy) is 2. The van der Waals surface area contributed by atoms with Gasteiger partial charge in [0.2, 0.25) is 6.79 Å². The molecule has 0 atom stereocenters. The fraction of sp³-hybridized carbons (Fsp3) is 0.190. The highest BCUT2D eigenvalue weighted by Crippen LogP contribution is 2.32. The van der Waals surface area contributed by atoms with Gasteiger partial charge in [0.15, 0.2) is 11.5 Å². The Morgan fingerprint density at radius 2 is 1.77 bits per heavy atom. The van der Waals surface area contributed by atoms with E-state index in [2.05, 4.69) is 0 Å². The van der Waals surface area contributed by atoms with E-state index >= 15 is 0 Å². The lowest BCUT2D eigenvalue weighted by molar-refractivity contribution is 0.0752. The van der Waals surface area contributed by atoms with Gasteiger partial charge in [0, 0.05) is 36.7 Å². The summed E-state index contributed by atoms with van der Waals surface area (Å²) in [5, 5.41) is 0. The molecule has 0 aliphatic carbocycles. The smallest absolute Gasteiger partial charge is 0.254 e. The van der Waals surface area contributed by atoms with Crippen LogP contribution in [0.25, 0.3) is 5.69 Å². The van der Waals surface area contributed by atoms with E-state index in [9.17, 15) is 4.79 Å². The van der Waals surface area contributed by atoms with Gasteiger partial charge in [0.1, 0.15) is 0 Å². The van der Waals surface area contributed by atoms with Crippen LogP contribution in [0.3, 0.4) is 0 Å². The van der Waals surface area contributed by atoms with Crippen LogP contribution in [0.15, 0.2) is 67.0 Å². The van der Waals surface area contributed by atoms with Crippen molar-refractivity contribution in [2.75, 3.05) is 13.3 Å². The van der Waals surface area contributed by atoms with Crippen molar-refractivity contribution in [3.8, 4) is 17.2 Å². The minimum atomic E-state index is 0.0178. The highest BCUT2D eigenvalue weighted by atomic mass is 16.7. The molecule has 0 saturated heterocycles. The normalized spacial score (nSPS) is 12.2. The molecular formula is C21H20N2O3. The third-order valence-corrected chi connectivity index (χ3v) is 4.50. The third-order valence-electron chi connectivity index (χ3n) is 4.50. The molecule has 4 rings (SSSR count). The Morgan fingerprint density at radius 1 is 1.04 bits per heavy atom. The van der Waals surface area contributed by atoms with Gasteiger partial charge in [-0.1, -0.05) is 6.07 Å². The maximum Gasteiger partial charge on any atom is 0.254 e. The number of nitrogens with zero attached hydrogens (tertiary/aromatic N) is 2. The van der Waals surface area contributed by atoms with E-state index in [1.165, 1.54) is 0 Å². The molecule has 1 aliphatic rings. The van der Waals surface area contributed by atoms with E-state index in [4.69, 9.17) is 9.47 Å². The predicted molar refractivity (Wildman–Crippen MR) is 98.7 cm³/mol. The van der Waals surface area contributed by atoms with E-state index in [0.717, 1.165) is 22.7 Å². The van der Waals surface area contributed by atoms with Crippen LogP contribution in [0.2, 0.25) is 0 Å². The molecule has 0 bridgehead atoms. The maximum absolute atomic E-state index is 12.9. The Labute approximate surface area is 152 Å². The fourth-order valence-electron chi connectivity index (χ4n) is 3.05. The van der Waals surface area contributed by atoms with Crippen molar-refractivity contribution in [1.82, 2.24) is 9.47 Å². The average molecular weight is 348 g/mol. The Kier molecular flexibility index (Phi) is 4.35. The maximum atomic E-state index is 12.9. The lowest BCUT2D eigenvalue weighted by Gasteiger charge is -2.21. The summed E-state index contributed by atoms with van der Waals surface area (Å²) in [7, 11) is 0. The van der Waals surface area contributed by atoms with Crippen LogP contribution < -0.4 is 9.47 Å². The molecule has 1 amide bonds. The first kappa shape index (κ1) is 16.3. The number of amides is 1. The molecule has 1 aliphatic heterocycles. The summed E-state index contributed by atoms with van der Waals surface area (Å²) in [5.74, 6) is 1.51. The number of aromatic nitrogens is 1. The molecule has 26 heavy (non-hydrogen) atoms. The van der Waals surface area contributed by atoms with Crippen molar-refractivity contribution < 1.29 is 14.3 Å². The third kappa shape index (κ3) is 3.16. The molecule has 5 nitrogen and oxygen atoms in total. The highest BCUT2D eigenvalue weighted by Gasteiger charge is 2.17. The SMILES string of the molecule is CCN(Cc1ccc2c(c1)OCO2)C(=O)c1ccc(-n2cccc2)cc1. The number of hydrogen-bond acceptors (Lipinski definition) is 3. The van der Waals surface area contributed by atoms with Gasteiger partial charge < -0.3 is 18.9 Å². The summed E-state index contributed by atoms with van der Waals surface area (Å²) in [4.78, 5) is 14.7. The lowest BCUT2D eigenvalue weighted by atomic mass is 10.1. The van der Waals surface area contributed by atoms with E-state index in [0.29, 0.717) is 18.7 Å². The second kappa shape index (κ2) is 6.96. The van der Waals surface area contributed by atoms with Gasteiger partial charge >= 0.3 is 0 Å². The molecule has 0 spiro atoms. The molecule has 3 aromatic rings. The first-order chi connectivity index (χ1) is 12.7. The number of carbonyl (C=O) groups is 1. The quantitative estimate of drug-likeness (QED) is 0.703. The summed E-state index contributed by atoms with van der Waals surface area (Å²) in [6, 6.07) is 17.4. The Hall–Kier alpha value is -3.21. The van der Waals surface area contributed by atoms with Crippen molar-refractivity contribution in [2.24, 2.45) is 0 Å². The molecule has 0 unspecified atom stereocenters. The van der Waals surface area contributed by atoms with Crippen LogP contribution in [0.5, 0.6) is 11.5 Å². The number of fused-ring (bicyclic) bond motifs is 1. The summed E-state index contributed by atoms with van der Waals surface area (Å²) in [6.07, 6.45) is 3.96. The lowest BCUT2D eigenvalue weighted by Crippen LogP contribution is -2.30. The van der Waals surface area contributed by atoms with Gasteiger partial charge in [-0.25, -0.2) is 0 Å². The van der Waals surface area contributed by atoms with Gasteiger partial charge in [0.05, 0.1) is 0 Å². The predicted octanol–water partition coefficient (Wildman–Crippen LogP) is 3.87. The van der Waals surface area contributed by atoms with Gasteiger partial charge in [0.25, 0.3) is 5.91 Å². The minimum absolute atomic E-state index is 0.0178. The van der Waals surface area contributed by atoms with Crippen molar-refractivity contribution in [3.63, 3.8) is 0 Å². The van der Waals surface area contributed by atoms with Gasteiger partial charge in [-0.15, -0.1) is 0 Å². The topological polar surface area (TPSA) is 43.7 Å². The molecule has 5 heteroatoms. The monoisotopic (exact) mass is 348 g/mol. The summed E-state index contributed by atoms with van der Waals surface area (Å²) in [5.41, 5.74) is 2.74. The van der Waals surface area contributed by atoms with E-state index in [1.54, 1.807) is 0 Å². The van der Waals surface area contributed by atoms with Crippen molar-refractivity contribution in [3.05, 3.63) is 78.1 Å². The van der Waals surface area contributed by atoms with E-state index < -0.39 is 0 Å². The number of carbonyl (C=O) groups excluding carboxylic acids is 1. The zero-order valence-electron chi connectivity index (χ0n) is 14.6. The van der Waals surface area contributed by atoms with Gasteiger partial charge in [-0.05, 0) is 61.0 Å².